The summed E-state index contributed by atoms with van der Waals surface area (Å²) in [5, 5.41) is 15.1. The maximum Gasteiger partial charge on any atom is 0.234 e. The van der Waals surface area contributed by atoms with E-state index in [1.165, 1.54) is 11.8 Å². The van der Waals surface area contributed by atoms with Gasteiger partial charge in [0.1, 0.15) is 0 Å². The quantitative estimate of drug-likeness (QED) is 0.879. The Hall–Kier alpha value is -1.89. The Labute approximate surface area is 128 Å². The van der Waals surface area contributed by atoms with Gasteiger partial charge < -0.3 is 5.32 Å². The van der Waals surface area contributed by atoms with Crippen LogP contribution in [0.4, 0.5) is 5.69 Å². The molecule has 0 fully saturated rings. The molecule has 1 aromatic heterocycles. The van der Waals surface area contributed by atoms with Crippen molar-refractivity contribution in [2.24, 2.45) is 0 Å². The maximum absolute atomic E-state index is 12.0. The molecule has 0 unspecified atom stereocenters. The number of amides is 1. The molecule has 112 valence electrons. The Morgan fingerprint density at radius 1 is 1.33 bits per heavy atom. The summed E-state index contributed by atoms with van der Waals surface area (Å²) in [4.78, 5) is 12.0. The number of aromatic nitrogens is 4. The summed E-state index contributed by atoms with van der Waals surface area (Å²) >= 11 is 1.33. The highest BCUT2D eigenvalue weighted by Crippen LogP contribution is 2.21. The summed E-state index contributed by atoms with van der Waals surface area (Å²) < 4.78 is 1.72. The van der Waals surface area contributed by atoms with Gasteiger partial charge in [-0.15, -0.1) is 5.10 Å². The van der Waals surface area contributed by atoms with Gasteiger partial charge in [0.2, 0.25) is 11.1 Å². The van der Waals surface area contributed by atoms with Crippen LogP contribution in [0.5, 0.6) is 0 Å². The van der Waals surface area contributed by atoms with Crippen molar-refractivity contribution >= 4 is 23.4 Å². The number of anilines is 1. The fraction of sp³-hybridized carbons (Fsp3) is 0.429. The summed E-state index contributed by atoms with van der Waals surface area (Å²) in [6.07, 6.45) is 0. The standard InChI is InChI=1S/C14H19N5OS/c1-10-7-5-6-8-11(10)15-12(20)9-21-13-16-17-18-19(13)14(2,3)4/h5-8H,9H2,1-4H3,(H,15,20). The van der Waals surface area contributed by atoms with Gasteiger partial charge in [-0.1, -0.05) is 30.0 Å². The first-order chi connectivity index (χ1) is 9.88. The number of nitrogens with zero attached hydrogens (tertiary/aromatic N) is 4. The van der Waals surface area contributed by atoms with Gasteiger partial charge in [0.05, 0.1) is 11.3 Å². The lowest BCUT2D eigenvalue weighted by Gasteiger charge is -2.19. The van der Waals surface area contributed by atoms with Crippen molar-refractivity contribution in [1.82, 2.24) is 20.2 Å². The van der Waals surface area contributed by atoms with Crippen LogP contribution in [-0.2, 0) is 10.3 Å². The van der Waals surface area contributed by atoms with Gasteiger partial charge in [0, 0.05) is 5.69 Å². The molecule has 2 aromatic rings. The van der Waals surface area contributed by atoms with Crippen molar-refractivity contribution < 1.29 is 4.79 Å². The monoisotopic (exact) mass is 305 g/mol. The van der Waals surface area contributed by atoms with Gasteiger partial charge in [-0.2, -0.15) is 0 Å². The first-order valence-corrected chi connectivity index (χ1v) is 7.63. The number of carbonyl (C=O) groups excluding carboxylic acids is 1. The molecule has 1 N–H and O–H groups in total. The average molecular weight is 305 g/mol. The highest BCUT2D eigenvalue weighted by molar-refractivity contribution is 7.99. The molecular formula is C14H19N5OS. The molecule has 1 amide bonds. The summed E-state index contributed by atoms with van der Waals surface area (Å²) in [6, 6.07) is 7.69. The summed E-state index contributed by atoms with van der Waals surface area (Å²) in [5.41, 5.74) is 1.66. The number of aryl methyl sites for hydroxylation is 1. The van der Waals surface area contributed by atoms with Crippen LogP contribution in [0, 0.1) is 6.92 Å². The Kier molecular flexibility index (Phi) is 4.62. The minimum absolute atomic E-state index is 0.0715. The third kappa shape index (κ3) is 4.04. The smallest absolute Gasteiger partial charge is 0.234 e. The van der Waals surface area contributed by atoms with Crippen LogP contribution >= 0.6 is 11.8 Å². The Bertz CT molecular complexity index is 632. The molecule has 21 heavy (non-hydrogen) atoms. The van der Waals surface area contributed by atoms with Crippen LogP contribution in [0.1, 0.15) is 26.3 Å². The van der Waals surface area contributed by atoms with Crippen molar-refractivity contribution in [2.45, 2.75) is 38.4 Å². The Balaban J connectivity index is 1.96. The number of thioether (sulfide) groups is 1. The lowest BCUT2D eigenvalue weighted by molar-refractivity contribution is -0.113. The van der Waals surface area contributed by atoms with E-state index in [1.54, 1.807) is 4.68 Å². The Morgan fingerprint density at radius 3 is 2.71 bits per heavy atom. The van der Waals surface area contributed by atoms with Crippen LogP contribution in [0.15, 0.2) is 29.4 Å². The van der Waals surface area contributed by atoms with E-state index in [0.29, 0.717) is 5.16 Å². The topological polar surface area (TPSA) is 72.7 Å². The van der Waals surface area contributed by atoms with Crippen molar-refractivity contribution in [3.05, 3.63) is 29.8 Å². The lowest BCUT2D eigenvalue weighted by atomic mass is 10.1. The number of benzene rings is 1. The first kappa shape index (κ1) is 15.5. The van der Waals surface area contributed by atoms with Crippen LogP contribution in [0.3, 0.4) is 0 Å². The van der Waals surface area contributed by atoms with Crippen LogP contribution in [0.25, 0.3) is 0 Å². The zero-order valence-corrected chi connectivity index (χ0v) is 13.4. The van der Waals surface area contributed by atoms with E-state index >= 15 is 0 Å². The highest BCUT2D eigenvalue weighted by Gasteiger charge is 2.20. The molecular weight excluding hydrogens is 286 g/mol. The van der Waals surface area contributed by atoms with E-state index in [0.717, 1.165) is 11.3 Å². The predicted octanol–water partition coefficient (Wildman–Crippen LogP) is 2.47. The van der Waals surface area contributed by atoms with E-state index < -0.39 is 0 Å². The van der Waals surface area contributed by atoms with Gasteiger partial charge in [-0.3, -0.25) is 4.79 Å². The molecule has 1 heterocycles. The minimum Gasteiger partial charge on any atom is -0.325 e. The third-order valence-electron chi connectivity index (χ3n) is 2.83. The van der Waals surface area contributed by atoms with Crippen molar-refractivity contribution in [3.8, 4) is 0 Å². The van der Waals surface area contributed by atoms with Gasteiger partial charge >= 0.3 is 0 Å². The average Bonchev–Trinajstić information content (AvgIpc) is 2.87. The maximum atomic E-state index is 12.0. The van der Waals surface area contributed by atoms with Gasteiger partial charge in [0.15, 0.2) is 0 Å². The molecule has 6 nitrogen and oxygen atoms in total. The van der Waals surface area contributed by atoms with E-state index in [1.807, 2.05) is 52.0 Å². The molecule has 0 saturated heterocycles. The zero-order chi connectivity index (χ0) is 15.5. The molecule has 7 heteroatoms. The van der Waals surface area contributed by atoms with Crippen molar-refractivity contribution in [2.75, 3.05) is 11.1 Å². The number of carbonyl (C=O) groups is 1. The molecule has 2 rings (SSSR count). The lowest BCUT2D eigenvalue weighted by Crippen LogP contribution is -2.24. The molecule has 0 spiro atoms. The second-order valence-electron chi connectivity index (χ2n) is 5.70. The van der Waals surface area contributed by atoms with Crippen LogP contribution < -0.4 is 5.32 Å². The predicted molar refractivity (Wildman–Crippen MR) is 83.3 cm³/mol. The minimum atomic E-state index is -0.210. The summed E-state index contributed by atoms with van der Waals surface area (Å²) in [6.45, 7) is 8.01. The summed E-state index contributed by atoms with van der Waals surface area (Å²) in [7, 11) is 0. The van der Waals surface area contributed by atoms with Crippen molar-refractivity contribution in [1.29, 1.82) is 0 Å². The zero-order valence-electron chi connectivity index (χ0n) is 12.6. The molecule has 0 bridgehead atoms. The largest absolute Gasteiger partial charge is 0.325 e. The first-order valence-electron chi connectivity index (χ1n) is 6.65. The highest BCUT2D eigenvalue weighted by atomic mass is 32.2. The SMILES string of the molecule is Cc1ccccc1NC(=O)CSc1nnnn1C(C)(C)C. The van der Waals surface area contributed by atoms with Gasteiger partial charge in [-0.25, -0.2) is 4.68 Å². The molecule has 0 radical (unpaired) electrons. The number of nitrogens with one attached hydrogen (secondary N) is 1. The van der Waals surface area contributed by atoms with E-state index in [2.05, 4.69) is 20.8 Å². The summed E-state index contributed by atoms with van der Waals surface area (Å²) in [5.74, 6) is 0.197. The van der Waals surface area contributed by atoms with E-state index in [-0.39, 0.29) is 17.2 Å². The Morgan fingerprint density at radius 2 is 2.05 bits per heavy atom. The number of hydrogen-bond donors (Lipinski definition) is 1. The fourth-order valence-electron chi connectivity index (χ4n) is 1.72. The van der Waals surface area contributed by atoms with Crippen LogP contribution in [-0.4, -0.2) is 31.9 Å². The number of tetrazole rings is 1. The molecule has 0 atom stereocenters. The van der Waals surface area contributed by atoms with Gasteiger partial charge in [-0.05, 0) is 49.8 Å². The number of rotatable bonds is 4. The van der Waals surface area contributed by atoms with E-state index in [9.17, 15) is 4.79 Å². The third-order valence-corrected chi connectivity index (χ3v) is 3.75. The fourth-order valence-corrected chi connectivity index (χ4v) is 2.58. The van der Waals surface area contributed by atoms with E-state index in [4.69, 9.17) is 0 Å². The molecule has 0 saturated carbocycles. The number of hydrogen-bond acceptors (Lipinski definition) is 5. The molecule has 0 aliphatic heterocycles. The van der Waals surface area contributed by atoms with Crippen molar-refractivity contribution in [3.63, 3.8) is 0 Å². The van der Waals surface area contributed by atoms with Gasteiger partial charge in [0.25, 0.3) is 0 Å². The molecule has 0 aliphatic rings. The molecule has 1 aromatic carbocycles. The van der Waals surface area contributed by atoms with Crippen LogP contribution in [0.2, 0.25) is 0 Å². The second-order valence-corrected chi connectivity index (χ2v) is 6.64. The normalized spacial score (nSPS) is 11.4. The second kappa shape index (κ2) is 6.26. The molecule has 0 aliphatic carbocycles. The number of para-hydroxylation sites is 1.